The number of hydrogen-bond acceptors (Lipinski definition) is 2. The van der Waals surface area contributed by atoms with Crippen LogP contribution in [0.4, 0.5) is 0 Å². The third-order valence-corrected chi connectivity index (χ3v) is 7.18. The number of quaternary nitrogens is 1. The van der Waals surface area contributed by atoms with Crippen LogP contribution in [0.3, 0.4) is 0 Å². The Bertz CT molecular complexity index is 443. The van der Waals surface area contributed by atoms with Crippen molar-refractivity contribution in [1.29, 1.82) is 0 Å². The summed E-state index contributed by atoms with van der Waals surface area (Å²) < 4.78 is 6.93. The molecule has 0 saturated carbocycles. The molecule has 4 heteroatoms. The second-order valence-corrected chi connectivity index (χ2v) is 10.5. The minimum atomic E-state index is 0.381. The van der Waals surface area contributed by atoms with Crippen molar-refractivity contribution in [3.8, 4) is 0 Å². The Balaban J connectivity index is 2.23. The summed E-state index contributed by atoms with van der Waals surface area (Å²) in [6, 6.07) is 0. The molecular weight excluding hydrogens is 396 g/mol. The Hall–Kier alpha value is -0.610. The van der Waals surface area contributed by atoms with Crippen LogP contribution in [0.2, 0.25) is 0 Å². The lowest BCUT2D eigenvalue weighted by Gasteiger charge is -2.35. The van der Waals surface area contributed by atoms with Crippen LogP contribution in [0.1, 0.15) is 123 Å². The van der Waals surface area contributed by atoms with E-state index in [9.17, 15) is 4.79 Å². The van der Waals surface area contributed by atoms with Crippen LogP contribution in [0.5, 0.6) is 0 Å². The lowest BCUT2D eigenvalue weighted by molar-refractivity contribution is -0.910. The van der Waals surface area contributed by atoms with Gasteiger partial charge in [-0.2, -0.15) is 0 Å². The molecule has 0 radical (unpaired) electrons. The monoisotopic (exact) mass is 453 g/mol. The minimum absolute atomic E-state index is 0.381. The first kappa shape index (κ1) is 29.4. The summed E-state index contributed by atoms with van der Waals surface area (Å²) in [7, 11) is 2.46. The molecular formula is C28H57N2O2+. The van der Waals surface area contributed by atoms with Crippen molar-refractivity contribution >= 4 is 5.91 Å². The molecule has 1 saturated heterocycles. The highest BCUT2D eigenvalue weighted by molar-refractivity contribution is 5.76. The Labute approximate surface area is 201 Å². The first-order valence-electron chi connectivity index (χ1n) is 14.3. The van der Waals surface area contributed by atoms with Gasteiger partial charge in [0.15, 0.2) is 0 Å². The topological polar surface area (TPSA) is 29.5 Å². The molecule has 32 heavy (non-hydrogen) atoms. The number of amides is 1. The number of carbonyl (C=O) groups excluding carboxylic acids is 1. The summed E-state index contributed by atoms with van der Waals surface area (Å²) in [5.41, 5.74) is 0. The van der Waals surface area contributed by atoms with Crippen LogP contribution in [0, 0.1) is 0 Å². The van der Waals surface area contributed by atoms with Crippen molar-refractivity contribution in [3.63, 3.8) is 0 Å². The molecule has 190 valence electrons. The van der Waals surface area contributed by atoms with E-state index in [1.807, 2.05) is 0 Å². The van der Waals surface area contributed by atoms with Gasteiger partial charge in [0.2, 0.25) is 5.91 Å². The number of likely N-dealkylation sites (tertiary alicyclic amines) is 1. The molecule has 0 bridgehead atoms. The van der Waals surface area contributed by atoms with Gasteiger partial charge >= 0.3 is 0 Å². The molecule has 1 aliphatic heterocycles. The van der Waals surface area contributed by atoms with E-state index >= 15 is 0 Å². The first-order valence-corrected chi connectivity index (χ1v) is 14.3. The highest BCUT2D eigenvalue weighted by Crippen LogP contribution is 2.16. The molecule has 0 N–H and O–H groups in total. The summed E-state index contributed by atoms with van der Waals surface area (Å²) in [6.07, 6.45) is 21.8. The van der Waals surface area contributed by atoms with Crippen molar-refractivity contribution in [2.75, 3.05) is 53.0 Å². The summed E-state index contributed by atoms with van der Waals surface area (Å²) >= 11 is 0. The van der Waals surface area contributed by atoms with E-state index in [0.717, 1.165) is 52.0 Å². The molecule has 1 unspecified atom stereocenters. The van der Waals surface area contributed by atoms with Crippen molar-refractivity contribution in [1.82, 2.24) is 4.90 Å². The zero-order valence-corrected chi connectivity index (χ0v) is 22.2. The van der Waals surface area contributed by atoms with Gasteiger partial charge < -0.3 is 14.1 Å². The van der Waals surface area contributed by atoms with E-state index in [4.69, 9.17) is 4.74 Å². The fraction of sp³-hybridized carbons (Fsp3) is 0.964. The van der Waals surface area contributed by atoms with Gasteiger partial charge in [-0.25, -0.2) is 0 Å². The minimum Gasteiger partial charge on any atom is -0.381 e. The fourth-order valence-electron chi connectivity index (χ4n) is 5.01. The Morgan fingerprint density at radius 1 is 0.719 bits per heavy atom. The summed E-state index contributed by atoms with van der Waals surface area (Å²) in [5, 5.41) is 0. The van der Waals surface area contributed by atoms with E-state index in [1.54, 1.807) is 0 Å². The summed E-state index contributed by atoms with van der Waals surface area (Å²) in [5.74, 6) is 0.381. The Morgan fingerprint density at radius 3 is 1.94 bits per heavy atom. The molecule has 0 aromatic rings. The Kier molecular flexibility index (Phi) is 18.2. The van der Waals surface area contributed by atoms with Crippen molar-refractivity contribution in [2.24, 2.45) is 0 Å². The number of rotatable bonds is 22. The molecule has 1 atom stereocenters. The fourth-order valence-corrected chi connectivity index (χ4v) is 5.01. The average Bonchev–Trinajstić information content (AvgIpc) is 2.79. The van der Waals surface area contributed by atoms with Gasteiger partial charge in [-0.05, 0) is 44.9 Å². The second kappa shape index (κ2) is 19.8. The highest BCUT2D eigenvalue weighted by Gasteiger charge is 2.22. The first-order chi connectivity index (χ1) is 15.6. The van der Waals surface area contributed by atoms with Gasteiger partial charge in [-0.3, -0.25) is 4.79 Å². The van der Waals surface area contributed by atoms with Crippen LogP contribution < -0.4 is 0 Å². The van der Waals surface area contributed by atoms with Crippen LogP contribution in [0.15, 0.2) is 0 Å². The molecule has 1 fully saturated rings. The SMILES string of the molecule is CCCCCCCCCCCC[N+](C)(CCCCN1CCCCC1=O)CCCOCCC. The number of ether oxygens (including phenoxy) is 1. The van der Waals surface area contributed by atoms with Gasteiger partial charge in [-0.15, -0.1) is 0 Å². The Morgan fingerprint density at radius 2 is 1.31 bits per heavy atom. The van der Waals surface area contributed by atoms with E-state index in [2.05, 4.69) is 25.8 Å². The van der Waals surface area contributed by atoms with Crippen molar-refractivity contribution < 1.29 is 14.0 Å². The maximum Gasteiger partial charge on any atom is 0.222 e. The van der Waals surface area contributed by atoms with Crippen LogP contribution >= 0.6 is 0 Å². The van der Waals surface area contributed by atoms with Gasteiger partial charge in [0, 0.05) is 32.5 Å². The second-order valence-electron chi connectivity index (χ2n) is 10.5. The van der Waals surface area contributed by atoms with E-state index in [-0.39, 0.29) is 0 Å². The third-order valence-electron chi connectivity index (χ3n) is 7.18. The van der Waals surface area contributed by atoms with Gasteiger partial charge in [0.1, 0.15) is 0 Å². The summed E-state index contributed by atoms with van der Waals surface area (Å²) in [4.78, 5) is 14.1. The summed E-state index contributed by atoms with van der Waals surface area (Å²) in [6.45, 7) is 12.0. The number of piperidine rings is 1. The molecule has 0 aliphatic carbocycles. The molecule has 0 aromatic carbocycles. The highest BCUT2D eigenvalue weighted by atomic mass is 16.5. The zero-order valence-electron chi connectivity index (χ0n) is 22.2. The van der Waals surface area contributed by atoms with Crippen LogP contribution in [-0.2, 0) is 9.53 Å². The predicted octanol–water partition coefficient (Wildman–Crippen LogP) is 6.96. The third kappa shape index (κ3) is 15.3. The normalized spacial score (nSPS) is 16.5. The van der Waals surface area contributed by atoms with E-state index in [0.29, 0.717) is 5.91 Å². The number of unbranched alkanes of at least 4 members (excludes halogenated alkanes) is 10. The molecule has 0 spiro atoms. The lowest BCUT2D eigenvalue weighted by Crippen LogP contribution is -2.47. The lowest BCUT2D eigenvalue weighted by atomic mass is 10.1. The number of nitrogens with zero attached hydrogens (tertiary/aromatic N) is 2. The van der Waals surface area contributed by atoms with Crippen LogP contribution in [-0.4, -0.2) is 68.3 Å². The average molecular weight is 454 g/mol. The van der Waals surface area contributed by atoms with Crippen molar-refractivity contribution in [2.45, 2.75) is 123 Å². The van der Waals surface area contributed by atoms with Crippen molar-refractivity contribution in [3.05, 3.63) is 0 Å². The maximum atomic E-state index is 12.0. The van der Waals surface area contributed by atoms with Gasteiger partial charge in [0.25, 0.3) is 0 Å². The number of hydrogen-bond donors (Lipinski definition) is 0. The largest absolute Gasteiger partial charge is 0.381 e. The molecule has 1 amide bonds. The predicted molar refractivity (Wildman–Crippen MR) is 138 cm³/mol. The van der Waals surface area contributed by atoms with E-state index < -0.39 is 0 Å². The van der Waals surface area contributed by atoms with Crippen LogP contribution in [0.25, 0.3) is 0 Å². The molecule has 4 nitrogen and oxygen atoms in total. The zero-order chi connectivity index (χ0) is 23.3. The molecule has 1 heterocycles. The number of carbonyl (C=O) groups is 1. The standard InChI is InChI=1S/C28H57N2O2/c1-4-6-7-8-9-10-11-12-13-17-23-30(3,25-19-27-32-26-5-2)24-18-16-22-29-21-15-14-20-28(29)31/h4-27H2,1-3H3/q+1. The maximum absolute atomic E-state index is 12.0. The van der Waals surface area contributed by atoms with Gasteiger partial charge in [0.05, 0.1) is 33.3 Å². The smallest absolute Gasteiger partial charge is 0.222 e. The van der Waals surface area contributed by atoms with Gasteiger partial charge in [-0.1, -0.05) is 65.2 Å². The molecule has 1 aliphatic rings. The van der Waals surface area contributed by atoms with E-state index in [1.165, 1.54) is 108 Å². The molecule has 0 aromatic heterocycles. The molecule has 1 rings (SSSR count). The quantitative estimate of drug-likeness (QED) is 0.131.